The molecule has 0 fully saturated rings. The molecule has 0 aliphatic heterocycles. The molecule has 0 N–H and O–H groups in total. The first-order valence-electron chi connectivity index (χ1n) is 6.99. The van der Waals surface area contributed by atoms with Crippen LogP contribution < -0.4 is 0 Å². The maximum atomic E-state index is 14.3. The quantitative estimate of drug-likeness (QED) is 0.357. The molecule has 0 saturated heterocycles. The summed E-state index contributed by atoms with van der Waals surface area (Å²) in [6.45, 7) is 0. The Balaban J connectivity index is 2.02. The van der Waals surface area contributed by atoms with Gasteiger partial charge in [-0.05, 0) is 34.9 Å². The van der Waals surface area contributed by atoms with E-state index in [2.05, 4.69) is 0 Å². The number of carbonyl (C=O) groups is 1. The summed E-state index contributed by atoms with van der Waals surface area (Å²) in [6.07, 6.45) is 0.699. The summed E-state index contributed by atoms with van der Waals surface area (Å²) in [7, 11) is 0. The van der Waals surface area contributed by atoms with Gasteiger partial charge in [0.2, 0.25) is 0 Å². The van der Waals surface area contributed by atoms with Crippen LogP contribution in [0.3, 0.4) is 0 Å². The van der Waals surface area contributed by atoms with E-state index in [0.717, 1.165) is 12.1 Å². The number of rotatable bonds is 3. The van der Waals surface area contributed by atoms with Crippen molar-refractivity contribution in [3.63, 3.8) is 0 Å². The number of halogens is 4. The summed E-state index contributed by atoms with van der Waals surface area (Å²) < 4.78 is 54.0. The van der Waals surface area contributed by atoms with E-state index in [0.29, 0.717) is 23.0 Å². The van der Waals surface area contributed by atoms with Gasteiger partial charge in [-0.1, -0.05) is 36.4 Å². The summed E-state index contributed by atoms with van der Waals surface area (Å²) in [5, 5.41) is 0. The predicted molar refractivity (Wildman–Crippen MR) is 82.5 cm³/mol. The van der Waals surface area contributed by atoms with Crippen molar-refractivity contribution in [1.29, 1.82) is 0 Å². The Kier molecular flexibility index (Phi) is 4.16. The fraction of sp³-hybridized carbons (Fsp3) is 0. The van der Waals surface area contributed by atoms with Crippen LogP contribution in [0.15, 0.2) is 54.6 Å². The lowest BCUT2D eigenvalue weighted by Crippen LogP contribution is -1.94. The molecule has 3 aromatic carbocycles. The molecule has 0 radical (unpaired) electrons. The van der Waals surface area contributed by atoms with Crippen LogP contribution >= 0.6 is 0 Å². The van der Waals surface area contributed by atoms with Crippen molar-refractivity contribution >= 4 is 6.29 Å². The standard InChI is InChI=1S/C19H10F4O/c20-16-7-13(12-3-1-11(10-24)2-4-12)5-6-15(16)14-8-17(21)19(23)18(22)9-14/h1-10H. The monoisotopic (exact) mass is 330 g/mol. The van der Waals surface area contributed by atoms with Gasteiger partial charge < -0.3 is 0 Å². The third-order valence-electron chi connectivity index (χ3n) is 3.64. The maximum Gasteiger partial charge on any atom is 0.194 e. The molecule has 1 nitrogen and oxygen atoms in total. The van der Waals surface area contributed by atoms with Gasteiger partial charge in [0.15, 0.2) is 17.5 Å². The summed E-state index contributed by atoms with van der Waals surface area (Å²) in [4.78, 5) is 10.6. The molecule has 0 aliphatic carbocycles. The predicted octanol–water partition coefficient (Wildman–Crippen LogP) is 5.39. The number of hydrogen-bond donors (Lipinski definition) is 0. The number of benzene rings is 3. The Morgan fingerprint density at radius 1 is 0.625 bits per heavy atom. The molecule has 120 valence electrons. The molecule has 0 atom stereocenters. The molecule has 0 aromatic heterocycles. The molecule has 0 spiro atoms. The average Bonchev–Trinajstić information content (AvgIpc) is 2.59. The van der Waals surface area contributed by atoms with E-state index < -0.39 is 23.3 Å². The van der Waals surface area contributed by atoms with Gasteiger partial charge >= 0.3 is 0 Å². The molecule has 3 rings (SSSR count). The van der Waals surface area contributed by atoms with Gasteiger partial charge in [-0.2, -0.15) is 0 Å². The lowest BCUT2D eigenvalue weighted by molar-refractivity contribution is 0.112. The first-order chi connectivity index (χ1) is 11.5. The van der Waals surface area contributed by atoms with Crippen molar-refractivity contribution in [2.24, 2.45) is 0 Å². The molecule has 0 amide bonds. The molecule has 0 saturated carbocycles. The van der Waals surface area contributed by atoms with Gasteiger partial charge in [-0.3, -0.25) is 4.79 Å². The van der Waals surface area contributed by atoms with E-state index in [-0.39, 0.29) is 11.1 Å². The smallest absolute Gasteiger partial charge is 0.194 e. The van der Waals surface area contributed by atoms with Crippen molar-refractivity contribution in [2.75, 3.05) is 0 Å². The SMILES string of the molecule is O=Cc1ccc(-c2ccc(-c3cc(F)c(F)c(F)c3)c(F)c2)cc1. The van der Waals surface area contributed by atoms with E-state index in [4.69, 9.17) is 0 Å². The maximum absolute atomic E-state index is 14.3. The van der Waals surface area contributed by atoms with Crippen LogP contribution in [-0.4, -0.2) is 6.29 Å². The first-order valence-corrected chi connectivity index (χ1v) is 6.99. The second-order valence-corrected chi connectivity index (χ2v) is 5.19. The van der Waals surface area contributed by atoms with Gasteiger partial charge in [-0.15, -0.1) is 0 Å². The number of aldehydes is 1. The van der Waals surface area contributed by atoms with Crippen LogP contribution in [0.25, 0.3) is 22.3 Å². The highest BCUT2D eigenvalue weighted by molar-refractivity contribution is 5.77. The van der Waals surface area contributed by atoms with Crippen molar-refractivity contribution in [3.05, 3.63) is 83.4 Å². The summed E-state index contributed by atoms with van der Waals surface area (Å²) >= 11 is 0. The molecular formula is C19H10F4O. The van der Waals surface area contributed by atoms with Crippen molar-refractivity contribution < 1.29 is 22.4 Å². The zero-order chi connectivity index (χ0) is 17.3. The minimum atomic E-state index is -1.59. The third kappa shape index (κ3) is 2.93. The highest BCUT2D eigenvalue weighted by Crippen LogP contribution is 2.29. The summed E-state index contributed by atoms with van der Waals surface area (Å²) in [6, 6.07) is 12.2. The lowest BCUT2D eigenvalue weighted by Gasteiger charge is -2.08. The van der Waals surface area contributed by atoms with Crippen molar-refractivity contribution in [1.82, 2.24) is 0 Å². The molecular weight excluding hydrogens is 320 g/mol. The van der Waals surface area contributed by atoms with Gasteiger partial charge in [0.1, 0.15) is 12.1 Å². The Hall–Kier alpha value is -2.95. The molecule has 24 heavy (non-hydrogen) atoms. The van der Waals surface area contributed by atoms with Crippen LogP contribution in [0.5, 0.6) is 0 Å². The van der Waals surface area contributed by atoms with Gasteiger partial charge in [-0.25, -0.2) is 17.6 Å². The average molecular weight is 330 g/mol. The summed E-state index contributed by atoms with van der Waals surface area (Å²) in [5.74, 6) is -5.04. The highest BCUT2D eigenvalue weighted by Gasteiger charge is 2.14. The minimum absolute atomic E-state index is 0.0407. The van der Waals surface area contributed by atoms with E-state index in [1.165, 1.54) is 12.1 Å². The topological polar surface area (TPSA) is 17.1 Å². The minimum Gasteiger partial charge on any atom is -0.298 e. The molecule has 0 aliphatic rings. The van der Waals surface area contributed by atoms with Gasteiger partial charge in [0, 0.05) is 11.1 Å². The normalized spacial score (nSPS) is 10.7. The fourth-order valence-electron chi connectivity index (χ4n) is 2.39. The largest absolute Gasteiger partial charge is 0.298 e. The Morgan fingerprint density at radius 2 is 1.17 bits per heavy atom. The van der Waals surface area contributed by atoms with E-state index in [1.807, 2.05) is 0 Å². The lowest BCUT2D eigenvalue weighted by atomic mass is 9.99. The zero-order valence-electron chi connectivity index (χ0n) is 12.2. The molecule has 0 heterocycles. The fourth-order valence-corrected chi connectivity index (χ4v) is 2.39. The number of carbonyl (C=O) groups excluding carboxylic acids is 1. The van der Waals surface area contributed by atoms with Crippen LogP contribution in [-0.2, 0) is 0 Å². The number of hydrogen-bond acceptors (Lipinski definition) is 1. The van der Waals surface area contributed by atoms with Crippen LogP contribution in [0.2, 0.25) is 0 Å². The first kappa shape index (κ1) is 15.9. The zero-order valence-corrected chi connectivity index (χ0v) is 12.2. The van der Waals surface area contributed by atoms with E-state index in [1.54, 1.807) is 30.3 Å². The summed E-state index contributed by atoms with van der Waals surface area (Å²) in [5.41, 5.74) is 1.58. The van der Waals surface area contributed by atoms with Gasteiger partial charge in [0.25, 0.3) is 0 Å². The Labute approximate surface area is 135 Å². The molecule has 0 bridgehead atoms. The van der Waals surface area contributed by atoms with E-state index >= 15 is 0 Å². The van der Waals surface area contributed by atoms with Crippen molar-refractivity contribution in [3.8, 4) is 22.3 Å². The second-order valence-electron chi connectivity index (χ2n) is 5.19. The van der Waals surface area contributed by atoms with Crippen molar-refractivity contribution in [2.45, 2.75) is 0 Å². The van der Waals surface area contributed by atoms with Crippen LogP contribution in [0.1, 0.15) is 10.4 Å². The Morgan fingerprint density at radius 3 is 1.71 bits per heavy atom. The molecule has 0 unspecified atom stereocenters. The Bertz CT molecular complexity index is 894. The highest BCUT2D eigenvalue weighted by atomic mass is 19.2. The van der Waals surface area contributed by atoms with Gasteiger partial charge in [0.05, 0.1) is 0 Å². The third-order valence-corrected chi connectivity index (χ3v) is 3.64. The van der Waals surface area contributed by atoms with Crippen LogP contribution in [0, 0.1) is 23.3 Å². The van der Waals surface area contributed by atoms with Crippen LogP contribution in [0.4, 0.5) is 17.6 Å². The second kappa shape index (κ2) is 6.28. The van der Waals surface area contributed by atoms with E-state index in [9.17, 15) is 22.4 Å². The molecule has 5 heteroatoms. The molecule has 3 aromatic rings.